The summed E-state index contributed by atoms with van der Waals surface area (Å²) in [5, 5.41) is 1.23. The van der Waals surface area contributed by atoms with Gasteiger partial charge in [0, 0.05) is 35.8 Å². The third kappa shape index (κ3) is 3.15. The molecule has 0 N–H and O–H groups in total. The second-order valence-electron chi connectivity index (χ2n) is 7.56. The monoisotopic (exact) mass is 406 g/mol. The number of hydrogen-bond acceptors (Lipinski definition) is 2. The Kier molecular flexibility index (Phi) is 4.71. The minimum atomic E-state index is 0.642. The number of aromatic nitrogens is 5. The van der Waals surface area contributed by atoms with Crippen molar-refractivity contribution in [2.24, 2.45) is 7.05 Å². The third-order valence-electron chi connectivity index (χ3n) is 5.56. The van der Waals surface area contributed by atoms with Gasteiger partial charge in [-0.3, -0.25) is 0 Å². The molecule has 0 spiro atoms. The van der Waals surface area contributed by atoms with Crippen molar-refractivity contribution in [2.45, 2.75) is 13.1 Å². The third-order valence-corrected chi connectivity index (χ3v) is 5.56. The van der Waals surface area contributed by atoms with Gasteiger partial charge in [0.15, 0.2) is 5.52 Å². The first-order chi connectivity index (χ1) is 15.2. The first-order valence-corrected chi connectivity index (χ1v) is 10.3. The van der Waals surface area contributed by atoms with E-state index in [4.69, 9.17) is 9.97 Å². The fraction of sp³-hybridized carbons (Fsp3) is 0.115. The fourth-order valence-corrected chi connectivity index (χ4v) is 4.17. The standard InChI is InChI=1S/C26H24N5/c1-4-16-30-24(15-14-19-18-29(3)23-13-9-6-10-20(19)23)31(17-5-2)26-25(30)27-21-11-7-8-12-22(21)28-26/h4-15,18H,1-2,16-17H2,3H3/q+1. The van der Waals surface area contributed by atoms with Gasteiger partial charge in [0.2, 0.25) is 5.82 Å². The van der Waals surface area contributed by atoms with Crippen LogP contribution >= 0.6 is 0 Å². The molecule has 0 unspecified atom stereocenters. The summed E-state index contributed by atoms with van der Waals surface area (Å²) in [6.45, 7) is 9.20. The van der Waals surface area contributed by atoms with Gasteiger partial charge in [0.1, 0.15) is 5.52 Å². The summed E-state index contributed by atoms with van der Waals surface area (Å²) >= 11 is 0. The summed E-state index contributed by atoms with van der Waals surface area (Å²) in [5.41, 5.74) is 5.84. The number of aryl methyl sites for hydroxylation is 1. The van der Waals surface area contributed by atoms with Crippen LogP contribution in [0, 0.1) is 0 Å². The van der Waals surface area contributed by atoms with E-state index in [0.29, 0.717) is 13.1 Å². The highest BCUT2D eigenvalue weighted by atomic mass is 15.2. The molecule has 0 aliphatic rings. The molecule has 0 amide bonds. The first kappa shape index (κ1) is 19.0. The molecule has 3 heterocycles. The molecule has 2 aromatic carbocycles. The van der Waals surface area contributed by atoms with Gasteiger partial charge in [0.05, 0.1) is 13.1 Å². The highest BCUT2D eigenvalue weighted by Crippen LogP contribution is 2.23. The maximum Gasteiger partial charge on any atom is 0.323 e. The molecule has 0 aliphatic heterocycles. The number of nitrogens with zero attached hydrogens (tertiary/aromatic N) is 5. The number of hydrogen-bond donors (Lipinski definition) is 0. The van der Waals surface area contributed by atoms with Crippen LogP contribution in [0.1, 0.15) is 11.4 Å². The van der Waals surface area contributed by atoms with Crippen molar-refractivity contribution in [1.29, 1.82) is 0 Å². The van der Waals surface area contributed by atoms with Crippen molar-refractivity contribution >= 4 is 45.4 Å². The molecule has 0 bridgehead atoms. The summed E-state index contributed by atoms with van der Waals surface area (Å²) < 4.78 is 6.47. The topological polar surface area (TPSA) is 39.5 Å². The highest BCUT2D eigenvalue weighted by molar-refractivity contribution is 5.92. The zero-order valence-electron chi connectivity index (χ0n) is 17.6. The van der Waals surface area contributed by atoms with E-state index in [1.54, 1.807) is 0 Å². The van der Waals surface area contributed by atoms with Crippen LogP contribution in [0.4, 0.5) is 0 Å². The smallest absolute Gasteiger partial charge is 0.323 e. The lowest BCUT2D eigenvalue weighted by molar-refractivity contribution is -0.665. The van der Waals surface area contributed by atoms with Crippen LogP contribution < -0.4 is 4.57 Å². The van der Waals surface area contributed by atoms with Gasteiger partial charge in [0.25, 0.3) is 5.65 Å². The number of fused-ring (bicyclic) bond motifs is 3. The van der Waals surface area contributed by atoms with Crippen molar-refractivity contribution in [3.63, 3.8) is 0 Å². The van der Waals surface area contributed by atoms with Crippen LogP contribution in [0.2, 0.25) is 0 Å². The van der Waals surface area contributed by atoms with Gasteiger partial charge < -0.3 is 4.57 Å². The van der Waals surface area contributed by atoms with Gasteiger partial charge in [-0.15, -0.1) is 0 Å². The number of imidazole rings is 1. The van der Waals surface area contributed by atoms with Crippen LogP contribution in [0.25, 0.3) is 45.4 Å². The van der Waals surface area contributed by atoms with Crippen LogP contribution in [-0.2, 0) is 20.1 Å². The minimum absolute atomic E-state index is 0.642. The zero-order chi connectivity index (χ0) is 21.4. The molecular weight excluding hydrogens is 382 g/mol. The molecule has 0 saturated carbocycles. The Balaban J connectivity index is 1.75. The highest BCUT2D eigenvalue weighted by Gasteiger charge is 2.24. The Labute approximate surface area is 180 Å². The quantitative estimate of drug-likeness (QED) is 0.297. The normalized spacial score (nSPS) is 11.8. The fourth-order valence-electron chi connectivity index (χ4n) is 4.17. The molecule has 152 valence electrons. The summed E-state index contributed by atoms with van der Waals surface area (Å²) in [6.07, 6.45) is 10.2. The Morgan fingerprint density at radius 1 is 0.935 bits per heavy atom. The summed E-state index contributed by atoms with van der Waals surface area (Å²) in [5.74, 6) is 1.01. The lowest BCUT2D eigenvalue weighted by Crippen LogP contribution is -2.36. The molecule has 5 nitrogen and oxygen atoms in total. The van der Waals surface area contributed by atoms with E-state index in [2.05, 4.69) is 76.5 Å². The van der Waals surface area contributed by atoms with Crippen molar-refractivity contribution in [1.82, 2.24) is 19.1 Å². The summed E-state index contributed by atoms with van der Waals surface area (Å²) in [7, 11) is 2.08. The van der Waals surface area contributed by atoms with Crippen LogP contribution in [0.5, 0.6) is 0 Å². The Morgan fingerprint density at radius 3 is 2.45 bits per heavy atom. The molecule has 5 heteroatoms. The molecule has 0 atom stereocenters. The summed E-state index contributed by atoms with van der Waals surface area (Å²) in [4.78, 5) is 9.86. The number of para-hydroxylation sites is 3. The maximum atomic E-state index is 4.93. The molecule has 0 fully saturated rings. The molecule has 0 aliphatic carbocycles. The molecule has 31 heavy (non-hydrogen) atoms. The van der Waals surface area contributed by atoms with Gasteiger partial charge >= 0.3 is 5.65 Å². The van der Waals surface area contributed by atoms with Crippen molar-refractivity contribution in [3.05, 3.63) is 91.4 Å². The number of rotatable bonds is 6. The average Bonchev–Trinajstić information content (AvgIpc) is 3.26. The van der Waals surface area contributed by atoms with Crippen molar-refractivity contribution in [3.8, 4) is 0 Å². The lowest BCUT2D eigenvalue weighted by Gasteiger charge is -2.00. The van der Waals surface area contributed by atoms with E-state index in [0.717, 1.165) is 28.2 Å². The van der Waals surface area contributed by atoms with E-state index in [9.17, 15) is 0 Å². The number of benzene rings is 2. The van der Waals surface area contributed by atoms with Crippen molar-refractivity contribution in [2.75, 3.05) is 0 Å². The predicted molar refractivity (Wildman–Crippen MR) is 127 cm³/mol. The summed E-state index contributed by atoms with van der Waals surface area (Å²) in [6, 6.07) is 16.4. The minimum Gasteiger partial charge on any atom is -0.350 e. The van der Waals surface area contributed by atoms with Gasteiger partial charge in [-0.1, -0.05) is 60.6 Å². The molecule has 5 rings (SSSR count). The zero-order valence-corrected chi connectivity index (χ0v) is 17.6. The van der Waals surface area contributed by atoms with E-state index in [-0.39, 0.29) is 0 Å². The van der Waals surface area contributed by atoms with E-state index in [1.807, 2.05) is 36.4 Å². The van der Waals surface area contributed by atoms with E-state index < -0.39 is 0 Å². The maximum absolute atomic E-state index is 4.93. The van der Waals surface area contributed by atoms with E-state index >= 15 is 0 Å². The Bertz CT molecular complexity index is 1420. The average molecular weight is 407 g/mol. The van der Waals surface area contributed by atoms with Crippen LogP contribution in [-0.4, -0.2) is 19.1 Å². The van der Waals surface area contributed by atoms with Gasteiger partial charge in [-0.2, -0.15) is 0 Å². The van der Waals surface area contributed by atoms with Crippen molar-refractivity contribution < 1.29 is 4.57 Å². The lowest BCUT2D eigenvalue weighted by atomic mass is 10.1. The Morgan fingerprint density at radius 2 is 1.68 bits per heavy atom. The van der Waals surface area contributed by atoms with Gasteiger partial charge in [-0.25, -0.2) is 14.1 Å². The molecular formula is C26H24N5+. The molecule has 0 saturated heterocycles. The van der Waals surface area contributed by atoms with Crippen LogP contribution in [0.3, 0.4) is 0 Å². The Hall–Kier alpha value is -3.99. The SMILES string of the molecule is C=CCn1c(C=Cc2cn(C)c3ccccc23)[n+](CC=C)c2nc3ccccc3nc21. The second-order valence-corrected chi connectivity index (χ2v) is 7.56. The largest absolute Gasteiger partial charge is 0.350 e. The van der Waals surface area contributed by atoms with Crippen LogP contribution in [0.15, 0.2) is 80.0 Å². The molecule has 5 aromatic rings. The number of allylic oxidation sites excluding steroid dienone is 2. The second kappa shape index (κ2) is 7.69. The molecule has 3 aromatic heterocycles. The predicted octanol–water partition coefficient (Wildman–Crippen LogP) is 4.91. The van der Waals surface area contributed by atoms with Gasteiger partial charge in [-0.05, 0) is 24.3 Å². The van der Waals surface area contributed by atoms with E-state index in [1.165, 1.54) is 16.5 Å². The first-order valence-electron chi connectivity index (χ1n) is 10.3. The molecule has 0 radical (unpaired) electrons.